The van der Waals surface area contributed by atoms with Gasteiger partial charge >= 0.3 is 0 Å². The Morgan fingerprint density at radius 1 is 1.26 bits per heavy atom. The second kappa shape index (κ2) is 7.81. The van der Waals surface area contributed by atoms with Crippen molar-refractivity contribution in [1.29, 1.82) is 5.26 Å². The minimum atomic E-state index is 0.504. The van der Waals surface area contributed by atoms with Crippen molar-refractivity contribution >= 4 is 0 Å². The summed E-state index contributed by atoms with van der Waals surface area (Å²) in [6.45, 7) is 7.51. The maximum absolute atomic E-state index is 8.93. The third-order valence-corrected chi connectivity index (χ3v) is 3.22. The summed E-state index contributed by atoms with van der Waals surface area (Å²) in [6.07, 6.45) is 2.43. The number of nitrogens with zero attached hydrogens (tertiary/aromatic N) is 1. The molecule has 0 heterocycles. The van der Waals surface area contributed by atoms with E-state index in [0.717, 1.165) is 18.0 Å². The van der Waals surface area contributed by atoms with Gasteiger partial charge in [0.05, 0.1) is 12.7 Å². The van der Waals surface area contributed by atoms with Crippen LogP contribution in [0.3, 0.4) is 0 Å². The number of rotatable bonds is 7. The predicted octanol–water partition coefficient (Wildman–Crippen LogP) is 3.48. The Morgan fingerprint density at radius 2 is 2.00 bits per heavy atom. The summed E-state index contributed by atoms with van der Waals surface area (Å²) < 4.78 is 5.21. The maximum atomic E-state index is 8.93. The predicted molar refractivity (Wildman–Crippen MR) is 78.1 cm³/mol. The Bertz CT molecular complexity index is 435. The summed E-state index contributed by atoms with van der Waals surface area (Å²) in [5.41, 5.74) is 1.73. The summed E-state index contributed by atoms with van der Waals surface area (Å²) in [7, 11) is 1.60. The molecule has 1 N–H and O–H groups in total. The van der Waals surface area contributed by atoms with E-state index in [1.165, 1.54) is 12.8 Å². The van der Waals surface area contributed by atoms with E-state index in [9.17, 15) is 0 Å². The first-order valence-electron chi connectivity index (χ1n) is 6.87. The van der Waals surface area contributed by atoms with Gasteiger partial charge in [0, 0.05) is 12.6 Å². The van der Waals surface area contributed by atoms with Crippen LogP contribution < -0.4 is 10.1 Å². The van der Waals surface area contributed by atoms with Crippen molar-refractivity contribution in [3.8, 4) is 11.8 Å². The highest BCUT2D eigenvalue weighted by molar-refractivity contribution is 5.45. The van der Waals surface area contributed by atoms with Gasteiger partial charge in [-0.2, -0.15) is 5.26 Å². The van der Waals surface area contributed by atoms with Crippen LogP contribution >= 0.6 is 0 Å². The van der Waals surface area contributed by atoms with Gasteiger partial charge < -0.3 is 10.1 Å². The first-order valence-corrected chi connectivity index (χ1v) is 6.87. The van der Waals surface area contributed by atoms with Crippen LogP contribution in [0.4, 0.5) is 0 Å². The maximum Gasteiger partial charge on any atom is 0.136 e. The zero-order valence-electron chi connectivity index (χ0n) is 12.4. The standard InChI is InChI=1S/C16H24N2O/c1-12(2)5-6-13(3)18-11-14-7-8-15(10-17)16(9-14)19-4/h7-9,12-13,18H,5-6,11H2,1-4H3. The van der Waals surface area contributed by atoms with Crippen molar-refractivity contribution in [3.05, 3.63) is 29.3 Å². The molecule has 0 saturated heterocycles. The lowest BCUT2D eigenvalue weighted by atomic mass is 10.0. The molecule has 0 bridgehead atoms. The first-order chi connectivity index (χ1) is 9.06. The molecule has 0 fully saturated rings. The van der Waals surface area contributed by atoms with Gasteiger partial charge in [-0.1, -0.05) is 19.9 Å². The van der Waals surface area contributed by atoms with E-state index in [4.69, 9.17) is 10.00 Å². The molecule has 1 rings (SSSR count). The van der Waals surface area contributed by atoms with Crippen LogP contribution in [0, 0.1) is 17.2 Å². The Kier molecular flexibility index (Phi) is 6.38. The average molecular weight is 260 g/mol. The molecule has 0 amide bonds. The van der Waals surface area contributed by atoms with Gasteiger partial charge in [-0.15, -0.1) is 0 Å². The van der Waals surface area contributed by atoms with Crippen molar-refractivity contribution in [1.82, 2.24) is 5.32 Å². The molecule has 0 saturated carbocycles. The second-order valence-electron chi connectivity index (χ2n) is 5.40. The molecule has 1 aromatic rings. The molecule has 19 heavy (non-hydrogen) atoms. The number of ether oxygens (including phenoxy) is 1. The molecular weight excluding hydrogens is 236 g/mol. The van der Waals surface area contributed by atoms with Crippen LogP contribution in [0.15, 0.2) is 18.2 Å². The van der Waals surface area contributed by atoms with Gasteiger partial charge in [0.25, 0.3) is 0 Å². The van der Waals surface area contributed by atoms with Crippen molar-refractivity contribution in [2.24, 2.45) is 5.92 Å². The smallest absolute Gasteiger partial charge is 0.136 e. The lowest BCUT2D eigenvalue weighted by Gasteiger charge is -2.15. The molecule has 0 aliphatic carbocycles. The molecule has 3 nitrogen and oxygen atoms in total. The van der Waals surface area contributed by atoms with Crippen LogP contribution in [0.2, 0.25) is 0 Å². The summed E-state index contributed by atoms with van der Waals surface area (Å²) in [5, 5.41) is 12.4. The van der Waals surface area contributed by atoms with Crippen LogP contribution in [0.5, 0.6) is 5.75 Å². The van der Waals surface area contributed by atoms with E-state index in [1.807, 2.05) is 18.2 Å². The van der Waals surface area contributed by atoms with Gasteiger partial charge in [0.15, 0.2) is 0 Å². The van der Waals surface area contributed by atoms with Gasteiger partial charge in [0.1, 0.15) is 11.8 Å². The van der Waals surface area contributed by atoms with E-state index in [-0.39, 0.29) is 0 Å². The highest BCUT2D eigenvalue weighted by Gasteiger charge is 2.06. The number of benzene rings is 1. The highest BCUT2D eigenvalue weighted by atomic mass is 16.5. The number of hydrogen-bond donors (Lipinski definition) is 1. The fraction of sp³-hybridized carbons (Fsp3) is 0.562. The largest absolute Gasteiger partial charge is 0.495 e. The number of nitrogens with one attached hydrogen (secondary N) is 1. The molecule has 0 radical (unpaired) electrons. The topological polar surface area (TPSA) is 45.0 Å². The normalized spacial score (nSPS) is 12.2. The molecule has 0 aliphatic heterocycles. The van der Waals surface area contributed by atoms with Crippen molar-refractivity contribution in [3.63, 3.8) is 0 Å². The molecule has 104 valence electrons. The van der Waals surface area contributed by atoms with Gasteiger partial charge in [-0.3, -0.25) is 0 Å². The number of nitriles is 1. The van der Waals surface area contributed by atoms with Crippen LogP contribution in [-0.4, -0.2) is 13.2 Å². The van der Waals surface area contributed by atoms with E-state index in [1.54, 1.807) is 7.11 Å². The Labute approximate surface area is 116 Å². The van der Waals surface area contributed by atoms with Crippen LogP contribution in [0.1, 0.15) is 44.7 Å². The third-order valence-electron chi connectivity index (χ3n) is 3.22. The number of methoxy groups -OCH3 is 1. The molecule has 3 heteroatoms. The Hall–Kier alpha value is -1.53. The summed E-state index contributed by atoms with van der Waals surface area (Å²) >= 11 is 0. The zero-order valence-corrected chi connectivity index (χ0v) is 12.4. The minimum absolute atomic E-state index is 0.504. The molecule has 1 atom stereocenters. The Morgan fingerprint density at radius 3 is 2.58 bits per heavy atom. The van der Waals surface area contributed by atoms with Crippen molar-refractivity contribution in [2.45, 2.75) is 46.2 Å². The minimum Gasteiger partial charge on any atom is -0.495 e. The Balaban J connectivity index is 2.52. The lowest BCUT2D eigenvalue weighted by Crippen LogP contribution is -2.25. The fourth-order valence-corrected chi connectivity index (χ4v) is 1.92. The average Bonchev–Trinajstić information content (AvgIpc) is 2.42. The highest BCUT2D eigenvalue weighted by Crippen LogP contribution is 2.19. The van der Waals surface area contributed by atoms with Crippen LogP contribution in [0.25, 0.3) is 0 Å². The van der Waals surface area contributed by atoms with E-state index < -0.39 is 0 Å². The molecule has 1 unspecified atom stereocenters. The third kappa shape index (κ3) is 5.32. The van der Waals surface area contributed by atoms with Gasteiger partial charge in [-0.05, 0) is 43.4 Å². The van der Waals surface area contributed by atoms with E-state index in [2.05, 4.69) is 32.2 Å². The quantitative estimate of drug-likeness (QED) is 0.816. The second-order valence-corrected chi connectivity index (χ2v) is 5.40. The van der Waals surface area contributed by atoms with Gasteiger partial charge in [-0.25, -0.2) is 0 Å². The first kappa shape index (κ1) is 15.5. The molecule has 0 aromatic heterocycles. The van der Waals surface area contributed by atoms with E-state index in [0.29, 0.717) is 17.4 Å². The molecular formula is C16H24N2O. The molecule has 1 aromatic carbocycles. The van der Waals surface area contributed by atoms with Crippen molar-refractivity contribution < 1.29 is 4.74 Å². The molecule has 0 aliphatic rings. The van der Waals surface area contributed by atoms with Crippen molar-refractivity contribution in [2.75, 3.05) is 7.11 Å². The zero-order chi connectivity index (χ0) is 14.3. The monoisotopic (exact) mass is 260 g/mol. The number of hydrogen-bond acceptors (Lipinski definition) is 3. The van der Waals surface area contributed by atoms with Crippen LogP contribution in [-0.2, 0) is 6.54 Å². The summed E-state index contributed by atoms with van der Waals surface area (Å²) in [5.74, 6) is 1.40. The van der Waals surface area contributed by atoms with Gasteiger partial charge in [0.2, 0.25) is 0 Å². The lowest BCUT2D eigenvalue weighted by molar-refractivity contribution is 0.412. The summed E-state index contributed by atoms with van der Waals surface area (Å²) in [6, 6.07) is 8.35. The summed E-state index contributed by atoms with van der Waals surface area (Å²) in [4.78, 5) is 0. The fourth-order valence-electron chi connectivity index (χ4n) is 1.92. The SMILES string of the molecule is COc1cc(CNC(C)CCC(C)C)ccc1C#N. The van der Waals surface area contributed by atoms with E-state index >= 15 is 0 Å². The molecule has 0 spiro atoms.